The van der Waals surface area contributed by atoms with Crippen molar-refractivity contribution in [3.05, 3.63) is 42.2 Å². The third kappa shape index (κ3) is 3.87. The van der Waals surface area contributed by atoms with Crippen LogP contribution in [0.15, 0.2) is 36.5 Å². The highest BCUT2D eigenvalue weighted by molar-refractivity contribution is 5.93. The average molecular weight is 357 g/mol. The summed E-state index contributed by atoms with van der Waals surface area (Å²) in [5.74, 6) is -0.537. The summed E-state index contributed by atoms with van der Waals surface area (Å²) >= 11 is 0. The molecule has 0 spiro atoms. The zero-order valence-corrected chi connectivity index (χ0v) is 15.1. The van der Waals surface area contributed by atoms with Gasteiger partial charge in [0.05, 0.1) is 19.0 Å². The summed E-state index contributed by atoms with van der Waals surface area (Å²) in [7, 11) is 1.46. The lowest BCUT2D eigenvalue weighted by Gasteiger charge is -2.28. The molecule has 1 aliphatic rings. The van der Waals surface area contributed by atoms with E-state index in [1.165, 1.54) is 7.11 Å². The van der Waals surface area contributed by atoms with Gasteiger partial charge in [-0.05, 0) is 38.3 Å². The fourth-order valence-corrected chi connectivity index (χ4v) is 3.00. The van der Waals surface area contributed by atoms with Gasteiger partial charge in [-0.25, -0.2) is 9.48 Å². The number of benzene rings is 1. The number of likely N-dealkylation sites (tertiary alicyclic amines) is 1. The molecule has 1 amide bonds. The number of para-hydroxylation sites is 1. The molecule has 7 nitrogen and oxygen atoms in total. The summed E-state index contributed by atoms with van der Waals surface area (Å²) in [6, 6.07) is 9.38. The molecule has 1 aromatic heterocycles. The van der Waals surface area contributed by atoms with Gasteiger partial charge in [-0.2, -0.15) is 5.10 Å². The molecular weight excluding hydrogens is 334 g/mol. The summed E-state index contributed by atoms with van der Waals surface area (Å²) in [4.78, 5) is 26.7. The molecule has 0 saturated carbocycles. The molecule has 1 fully saturated rings. The molecule has 7 heteroatoms. The van der Waals surface area contributed by atoms with E-state index < -0.39 is 12.1 Å². The van der Waals surface area contributed by atoms with E-state index in [1.54, 1.807) is 22.7 Å². The normalized spacial score (nSPS) is 15.4. The minimum absolute atomic E-state index is 0.0506. The Bertz CT molecular complexity index is 766. The third-order valence-electron chi connectivity index (χ3n) is 4.41. The van der Waals surface area contributed by atoms with Crippen LogP contribution < -0.4 is 4.74 Å². The minimum Gasteiger partial charge on any atom is -0.493 e. The van der Waals surface area contributed by atoms with Crippen LogP contribution in [0.5, 0.6) is 5.75 Å². The first-order chi connectivity index (χ1) is 12.6. The standard InChI is InChI=1S/C19H23N3O4/c1-14(18(23)21-11-7-4-8-12-21)26-19(24)17-16(25-2)13-22(20-17)15-9-5-3-6-10-15/h3,5-6,9-10,13-14H,4,7-8,11-12H2,1-2H3/t14-/m0/s1. The first-order valence-electron chi connectivity index (χ1n) is 8.79. The number of esters is 1. The van der Waals surface area contributed by atoms with Crippen LogP contribution in [0.4, 0.5) is 0 Å². The Morgan fingerprint density at radius 1 is 1.12 bits per heavy atom. The number of carbonyl (C=O) groups excluding carboxylic acids is 2. The Balaban J connectivity index is 1.72. The zero-order valence-electron chi connectivity index (χ0n) is 15.1. The van der Waals surface area contributed by atoms with Crippen molar-refractivity contribution < 1.29 is 19.1 Å². The van der Waals surface area contributed by atoms with Gasteiger partial charge in [0, 0.05) is 13.1 Å². The highest BCUT2D eigenvalue weighted by Crippen LogP contribution is 2.21. The van der Waals surface area contributed by atoms with Crippen molar-refractivity contribution in [1.82, 2.24) is 14.7 Å². The molecule has 1 aromatic carbocycles. The molecule has 1 saturated heterocycles. The van der Waals surface area contributed by atoms with Crippen LogP contribution in [0.1, 0.15) is 36.7 Å². The van der Waals surface area contributed by atoms with E-state index in [1.807, 2.05) is 30.3 Å². The Morgan fingerprint density at radius 2 is 1.81 bits per heavy atom. The van der Waals surface area contributed by atoms with Gasteiger partial charge < -0.3 is 14.4 Å². The molecular formula is C19H23N3O4. The van der Waals surface area contributed by atoms with Crippen molar-refractivity contribution in [3.8, 4) is 11.4 Å². The van der Waals surface area contributed by atoms with Crippen LogP contribution in [-0.4, -0.2) is 52.9 Å². The zero-order chi connectivity index (χ0) is 18.5. The fourth-order valence-electron chi connectivity index (χ4n) is 3.00. The number of nitrogens with zero attached hydrogens (tertiary/aromatic N) is 3. The number of carbonyl (C=O) groups is 2. The Labute approximate surface area is 152 Å². The van der Waals surface area contributed by atoms with Crippen LogP contribution in [0, 0.1) is 0 Å². The second-order valence-electron chi connectivity index (χ2n) is 6.26. The van der Waals surface area contributed by atoms with E-state index in [-0.39, 0.29) is 11.6 Å². The largest absolute Gasteiger partial charge is 0.493 e. The maximum Gasteiger partial charge on any atom is 0.363 e. The number of amides is 1. The number of ether oxygens (including phenoxy) is 2. The highest BCUT2D eigenvalue weighted by atomic mass is 16.6. The molecule has 1 atom stereocenters. The van der Waals surface area contributed by atoms with Crippen molar-refractivity contribution in [2.45, 2.75) is 32.3 Å². The van der Waals surface area contributed by atoms with Crippen molar-refractivity contribution >= 4 is 11.9 Å². The van der Waals surface area contributed by atoms with Crippen LogP contribution in [0.25, 0.3) is 5.69 Å². The Hall–Kier alpha value is -2.83. The van der Waals surface area contributed by atoms with Gasteiger partial charge in [-0.15, -0.1) is 0 Å². The van der Waals surface area contributed by atoms with Crippen LogP contribution >= 0.6 is 0 Å². The number of hydrogen-bond acceptors (Lipinski definition) is 5. The topological polar surface area (TPSA) is 73.7 Å². The van der Waals surface area contributed by atoms with E-state index >= 15 is 0 Å². The predicted octanol–water partition coefficient (Wildman–Crippen LogP) is 2.44. The quantitative estimate of drug-likeness (QED) is 0.769. The van der Waals surface area contributed by atoms with Crippen molar-refractivity contribution in [3.63, 3.8) is 0 Å². The summed E-state index contributed by atoms with van der Waals surface area (Å²) in [6.07, 6.45) is 3.87. The fraction of sp³-hybridized carbons (Fsp3) is 0.421. The second kappa shape index (κ2) is 8.03. The monoisotopic (exact) mass is 357 g/mol. The van der Waals surface area contributed by atoms with Crippen molar-refractivity contribution in [2.24, 2.45) is 0 Å². The minimum atomic E-state index is -0.854. The maximum absolute atomic E-state index is 12.5. The van der Waals surface area contributed by atoms with Gasteiger partial charge in [-0.3, -0.25) is 4.79 Å². The van der Waals surface area contributed by atoms with E-state index in [2.05, 4.69) is 5.10 Å². The first kappa shape index (κ1) is 18.0. The van der Waals surface area contributed by atoms with Gasteiger partial charge in [0.2, 0.25) is 5.69 Å². The molecule has 0 radical (unpaired) electrons. The second-order valence-corrected chi connectivity index (χ2v) is 6.26. The number of rotatable bonds is 5. The predicted molar refractivity (Wildman–Crippen MR) is 95.4 cm³/mol. The van der Waals surface area contributed by atoms with Crippen LogP contribution in [0.3, 0.4) is 0 Å². The van der Waals surface area contributed by atoms with E-state index in [9.17, 15) is 9.59 Å². The molecule has 0 bridgehead atoms. The van der Waals surface area contributed by atoms with Gasteiger partial charge in [-0.1, -0.05) is 18.2 Å². The number of hydrogen-bond donors (Lipinski definition) is 0. The van der Waals surface area contributed by atoms with Crippen LogP contribution in [-0.2, 0) is 9.53 Å². The SMILES string of the molecule is COc1cn(-c2ccccc2)nc1C(=O)O[C@@H](C)C(=O)N1CCCCC1. The molecule has 138 valence electrons. The Morgan fingerprint density at radius 3 is 2.46 bits per heavy atom. The molecule has 1 aliphatic heterocycles. The average Bonchev–Trinajstić information content (AvgIpc) is 3.13. The molecule has 26 heavy (non-hydrogen) atoms. The molecule has 3 rings (SSSR count). The number of piperidine rings is 1. The summed E-state index contributed by atoms with van der Waals surface area (Å²) in [6.45, 7) is 3.02. The van der Waals surface area contributed by atoms with Gasteiger partial charge >= 0.3 is 5.97 Å². The lowest BCUT2D eigenvalue weighted by atomic mass is 10.1. The van der Waals surface area contributed by atoms with Crippen LogP contribution in [0.2, 0.25) is 0 Å². The van der Waals surface area contributed by atoms with Crippen molar-refractivity contribution in [2.75, 3.05) is 20.2 Å². The molecule has 0 aliphatic carbocycles. The van der Waals surface area contributed by atoms with Gasteiger partial charge in [0.25, 0.3) is 5.91 Å². The van der Waals surface area contributed by atoms with E-state index in [0.29, 0.717) is 18.8 Å². The smallest absolute Gasteiger partial charge is 0.363 e. The summed E-state index contributed by atoms with van der Waals surface area (Å²) < 4.78 is 12.2. The first-order valence-corrected chi connectivity index (χ1v) is 8.79. The number of methoxy groups -OCH3 is 1. The Kier molecular flexibility index (Phi) is 5.55. The maximum atomic E-state index is 12.5. The summed E-state index contributed by atoms with van der Waals surface area (Å²) in [5, 5.41) is 4.27. The molecule has 0 N–H and O–H groups in total. The van der Waals surface area contributed by atoms with E-state index in [4.69, 9.17) is 9.47 Å². The lowest BCUT2D eigenvalue weighted by molar-refractivity contribution is -0.140. The number of aromatic nitrogens is 2. The molecule has 2 aromatic rings. The van der Waals surface area contributed by atoms with E-state index in [0.717, 1.165) is 24.9 Å². The lowest BCUT2D eigenvalue weighted by Crippen LogP contribution is -2.42. The summed E-state index contributed by atoms with van der Waals surface area (Å²) in [5.41, 5.74) is 0.844. The van der Waals surface area contributed by atoms with Gasteiger partial charge in [0.15, 0.2) is 11.9 Å². The third-order valence-corrected chi connectivity index (χ3v) is 4.41. The highest BCUT2D eigenvalue weighted by Gasteiger charge is 2.28. The molecule has 2 heterocycles. The van der Waals surface area contributed by atoms with Crippen molar-refractivity contribution in [1.29, 1.82) is 0 Å². The molecule has 0 unspecified atom stereocenters. The van der Waals surface area contributed by atoms with Gasteiger partial charge in [0.1, 0.15) is 0 Å².